The lowest BCUT2D eigenvalue weighted by Crippen LogP contribution is -2.69. The van der Waals surface area contributed by atoms with Gasteiger partial charge < -0.3 is 20.3 Å². The summed E-state index contributed by atoms with van der Waals surface area (Å²) in [5.74, 6) is -1.68. The van der Waals surface area contributed by atoms with Crippen molar-refractivity contribution in [3.05, 3.63) is 108 Å². The Morgan fingerprint density at radius 1 is 0.847 bits per heavy atom. The van der Waals surface area contributed by atoms with Crippen LogP contribution in [-0.4, -0.2) is 144 Å². The second kappa shape index (κ2) is 17.6. The molecule has 4 atom stereocenters. The highest BCUT2D eigenvalue weighted by Crippen LogP contribution is 2.42. The van der Waals surface area contributed by atoms with Crippen molar-refractivity contribution >= 4 is 40.7 Å². The maximum absolute atomic E-state index is 15.6. The van der Waals surface area contributed by atoms with Crippen LogP contribution >= 0.6 is 0 Å². The summed E-state index contributed by atoms with van der Waals surface area (Å²) in [6.45, 7) is 6.96. The zero-order valence-corrected chi connectivity index (χ0v) is 39.9. The minimum absolute atomic E-state index is 0.0103. The van der Waals surface area contributed by atoms with Crippen LogP contribution in [0.25, 0.3) is 27.8 Å². The van der Waals surface area contributed by atoms with E-state index in [-0.39, 0.29) is 47.8 Å². The summed E-state index contributed by atoms with van der Waals surface area (Å²) in [6.07, 6.45) is 15.1. The molecule has 5 aliphatic heterocycles. The number of pyridine rings is 3. The number of piperazine rings is 1. The number of hydrogen-bond acceptors (Lipinski definition) is 15. The first kappa shape index (κ1) is 45.5. The molecule has 0 bridgehead atoms. The molecule has 5 fully saturated rings. The van der Waals surface area contributed by atoms with Gasteiger partial charge >= 0.3 is 0 Å². The second-order valence-electron chi connectivity index (χ2n) is 20.3. The molecule has 6 aliphatic rings. The Bertz CT molecular complexity index is 3200. The number of imide groups is 2. The van der Waals surface area contributed by atoms with Crippen molar-refractivity contribution < 1.29 is 28.3 Å². The lowest BCUT2D eigenvalue weighted by atomic mass is 9.85. The average molecular weight is 973 g/mol. The highest BCUT2D eigenvalue weighted by molar-refractivity contribution is 6.23. The number of nitriles is 1. The van der Waals surface area contributed by atoms with Crippen molar-refractivity contribution in [2.75, 3.05) is 56.2 Å². The maximum atomic E-state index is 15.6. The molecule has 0 unspecified atom stereocenters. The average Bonchev–Trinajstić information content (AvgIpc) is 4.13. The van der Waals surface area contributed by atoms with Gasteiger partial charge in [0, 0.05) is 123 Å². The molecule has 4 amide bonds. The molecular weight excluding hydrogens is 920 g/mol. The summed E-state index contributed by atoms with van der Waals surface area (Å²) in [4.78, 5) is 70.2. The lowest BCUT2D eigenvalue weighted by Gasteiger charge is -2.51. The van der Waals surface area contributed by atoms with Gasteiger partial charge in [-0.25, -0.2) is 18.9 Å². The number of hydrogen-bond donors (Lipinski definition) is 2. The topological polar surface area (TPSA) is 216 Å². The summed E-state index contributed by atoms with van der Waals surface area (Å²) in [7, 11) is 1.61. The third-order valence-electron chi connectivity index (χ3n) is 15.9. The van der Waals surface area contributed by atoms with Gasteiger partial charge in [-0.3, -0.25) is 43.9 Å². The minimum Gasteiger partial charge on any atom is -0.481 e. The van der Waals surface area contributed by atoms with Crippen molar-refractivity contribution in [3.8, 4) is 34.2 Å². The molecule has 368 valence electrons. The van der Waals surface area contributed by atoms with Crippen LogP contribution in [0.4, 0.5) is 15.9 Å². The number of fused-ring (bicyclic) bond motifs is 3. The Morgan fingerprint density at radius 2 is 1.62 bits per heavy atom. The Kier molecular flexibility index (Phi) is 11.1. The summed E-state index contributed by atoms with van der Waals surface area (Å²) in [5, 5.41) is 21.7. The van der Waals surface area contributed by atoms with E-state index in [1.165, 1.54) is 6.07 Å². The predicted molar refractivity (Wildman–Crippen MR) is 261 cm³/mol. The Hall–Kier alpha value is -7.60. The van der Waals surface area contributed by atoms with Gasteiger partial charge in [-0.05, 0) is 74.9 Å². The quantitative estimate of drug-likeness (QED) is 0.184. The van der Waals surface area contributed by atoms with Crippen molar-refractivity contribution in [2.45, 2.75) is 87.7 Å². The SMILES string of the molecule is COc1ccc(CN2C[C@](C)(N)[C@H]3[C@@H]2CN3c2ccc(-c3cc(-c4cnn(C5CCC(N6CCN(c7cc8c(cc7F)C(=O)N([C@H]7CCC(=O)NC7=O)C8=O)CC6)CC5)c4)cn4ncc(C#N)c34)cn2)cn1. The molecule has 0 spiro atoms. The van der Waals surface area contributed by atoms with Gasteiger partial charge in [0.25, 0.3) is 11.8 Å². The number of methoxy groups -OCH3 is 1. The van der Waals surface area contributed by atoms with Crippen LogP contribution < -0.4 is 25.6 Å². The molecule has 6 aromatic rings. The number of benzene rings is 1. The van der Waals surface area contributed by atoms with Crippen LogP contribution in [0.1, 0.15) is 83.3 Å². The number of halogens is 1. The molecule has 0 radical (unpaired) electrons. The number of nitrogens with one attached hydrogen (secondary N) is 1. The van der Waals surface area contributed by atoms with Gasteiger partial charge in [-0.15, -0.1) is 0 Å². The van der Waals surface area contributed by atoms with E-state index in [0.29, 0.717) is 49.2 Å². The van der Waals surface area contributed by atoms with Crippen molar-refractivity contribution in [1.29, 1.82) is 5.26 Å². The molecular formula is C52H53FN14O5. The number of amides is 4. The lowest BCUT2D eigenvalue weighted by molar-refractivity contribution is -0.136. The summed E-state index contributed by atoms with van der Waals surface area (Å²) < 4.78 is 24.7. The van der Waals surface area contributed by atoms with Gasteiger partial charge in [-0.2, -0.15) is 15.5 Å². The first-order valence-electron chi connectivity index (χ1n) is 24.6. The van der Waals surface area contributed by atoms with Crippen LogP contribution in [0, 0.1) is 17.1 Å². The van der Waals surface area contributed by atoms with E-state index in [0.717, 1.165) is 89.9 Å². The summed E-state index contributed by atoms with van der Waals surface area (Å²) in [6, 6.07) is 14.8. The predicted octanol–water partition coefficient (Wildman–Crippen LogP) is 4.17. The van der Waals surface area contributed by atoms with Crippen LogP contribution in [0.2, 0.25) is 0 Å². The number of ether oxygens (including phenoxy) is 1. The fourth-order valence-corrected chi connectivity index (χ4v) is 12.2. The van der Waals surface area contributed by atoms with Gasteiger partial charge in [0.1, 0.15) is 23.7 Å². The van der Waals surface area contributed by atoms with E-state index in [1.54, 1.807) is 17.8 Å². The number of aromatic nitrogens is 6. The maximum Gasteiger partial charge on any atom is 0.262 e. The number of piperidine rings is 1. The molecule has 3 N–H and O–H groups in total. The third kappa shape index (κ3) is 7.73. The second-order valence-corrected chi connectivity index (χ2v) is 20.3. The van der Waals surface area contributed by atoms with Crippen molar-refractivity contribution in [2.24, 2.45) is 5.73 Å². The smallest absolute Gasteiger partial charge is 0.262 e. The fourth-order valence-electron chi connectivity index (χ4n) is 12.2. The third-order valence-corrected chi connectivity index (χ3v) is 15.9. The monoisotopic (exact) mass is 972 g/mol. The Morgan fingerprint density at radius 3 is 2.33 bits per heavy atom. The Labute approximate surface area is 413 Å². The van der Waals surface area contributed by atoms with Crippen molar-refractivity contribution in [1.82, 2.24) is 49.4 Å². The molecule has 72 heavy (non-hydrogen) atoms. The number of rotatable bonds is 10. The summed E-state index contributed by atoms with van der Waals surface area (Å²) >= 11 is 0. The molecule has 12 rings (SSSR count). The van der Waals surface area contributed by atoms with Gasteiger partial charge in [0.05, 0.1) is 59.5 Å². The van der Waals surface area contributed by atoms with Crippen LogP contribution in [0.15, 0.2) is 79.6 Å². The zero-order chi connectivity index (χ0) is 49.6. The van der Waals surface area contributed by atoms with E-state index < -0.39 is 41.0 Å². The van der Waals surface area contributed by atoms with Gasteiger partial charge in [-0.1, -0.05) is 6.07 Å². The molecule has 20 heteroatoms. The molecule has 5 aromatic heterocycles. The largest absolute Gasteiger partial charge is 0.481 e. The number of anilines is 2. The van der Waals surface area contributed by atoms with Crippen molar-refractivity contribution in [3.63, 3.8) is 0 Å². The van der Waals surface area contributed by atoms with Crippen LogP contribution in [-0.2, 0) is 16.1 Å². The van der Waals surface area contributed by atoms with E-state index in [1.807, 2.05) is 47.9 Å². The van der Waals surface area contributed by atoms with E-state index in [9.17, 15) is 24.4 Å². The van der Waals surface area contributed by atoms with E-state index in [4.69, 9.17) is 20.6 Å². The highest BCUT2D eigenvalue weighted by atomic mass is 19.1. The number of nitrogens with zero attached hydrogens (tertiary/aromatic N) is 12. The molecule has 1 aliphatic carbocycles. The van der Waals surface area contributed by atoms with Gasteiger partial charge in [0.15, 0.2) is 0 Å². The van der Waals surface area contributed by atoms with E-state index in [2.05, 4.69) is 66.1 Å². The van der Waals surface area contributed by atoms with Crippen LogP contribution in [0.3, 0.4) is 0 Å². The standard InChI is InChI=1S/C52H53FN14O5/c1-52(55)29-63(25-30-3-12-46(72-2)57-21-30)43-28-64(48(43)52)44-10-4-31(22-56-44)37-17-32(26-66-47(37)33(20-54)23-59-66)34-24-58-65(27-34)36-7-5-35(6-8-36)61-13-15-62(16-14-61)42-19-39-38(18-40(42)53)50(70)67(51(39)71)41-9-11-45(68)60-49(41)69/h3-4,10,12,17-19,21-24,26-27,35-36,41,43,48H,5-9,11,13-16,25,28-29,55H2,1-2H3,(H,60,68,69)/t35?,36?,41-,43-,48+,52-/m0/s1. The first-order valence-corrected chi connectivity index (χ1v) is 24.6. The zero-order valence-electron chi connectivity index (χ0n) is 39.9. The Balaban J connectivity index is 0.688. The minimum atomic E-state index is -1.11. The summed E-state index contributed by atoms with van der Waals surface area (Å²) in [5.41, 5.74) is 12.6. The number of carbonyl (C=O) groups is 4. The number of carbonyl (C=O) groups excluding carboxylic acids is 4. The first-order chi connectivity index (χ1) is 34.8. The van der Waals surface area contributed by atoms with Gasteiger partial charge in [0.2, 0.25) is 17.7 Å². The molecule has 10 heterocycles. The number of nitrogens with two attached hydrogens (primary N) is 1. The number of likely N-dealkylation sites (tertiary alicyclic amines) is 1. The molecule has 1 saturated carbocycles. The normalized spacial score (nSPS) is 25.7. The highest BCUT2D eigenvalue weighted by Gasteiger charge is 2.57. The van der Waals surface area contributed by atoms with Crippen LogP contribution in [0.5, 0.6) is 5.88 Å². The molecule has 4 saturated heterocycles. The molecule has 19 nitrogen and oxygen atoms in total. The fraction of sp³-hybridized carbons (Fsp3) is 0.404. The molecule has 1 aromatic carbocycles. The van der Waals surface area contributed by atoms with E-state index >= 15 is 4.39 Å².